The van der Waals surface area contributed by atoms with Crippen LogP contribution in [-0.4, -0.2) is 294 Å². The van der Waals surface area contributed by atoms with Crippen molar-refractivity contribution in [1.82, 2.24) is 0 Å². The number of fused-ring (bicyclic) bond motifs is 7. The van der Waals surface area contributed by atoms with E-state index in [4.69, 9.17) is 61.6 Å². The van der Waals surface area contributed by atoms with Crippen molar-refractivity contribution in [3.8, 4) is 0 Å². The summed E-state index contributed by atoms with van der Waals surface area (Å²) < 4.78 is 76.7. The second-order valence-electron chi connectivity index (χ2n) is 30.4. The van der Waals surface area contributed by atoms with Crippen LogP contribution in [-0.2, 0) is 71.2 Å². The number of aliphatic hydroxyl groups is 15. The van der Waals surface area contributed by atoms with E-state index < -0.39 is 238 Å². The highest BCUT2D eigenvalue weighted by Gasteiger charge is 2.72. The number of rotatable bonds is 13. The maximum atomic E-state index is 15.7. The van der Waals surface area contributed by atoms with Crippen LogP contribution in [0.15, 0.2) is 11.6 Å². The summed E-state index contributed by atoms with van der Waals surface area (Å²) in [5.41, 5.74) is -2.74. The van der Waals surface area contributed by atoms with Gasteiger partial charge >= 0.3 is 11.9 Å². The molecule has 0 spiro atoms. The van der Waals surface area contributed by atoms with Crippen LogP contribution in [0.25, 0.3) is 0 Å². The van der Waals surface area contributed by atoms with Crippen LogP contribution in [0.5, 0.6) is 0 Å². The molecule has 0 aromatic heterocycles. The smallest absolute Gasteiger partial charge is 0.337 e. The van der Waals surface area contributed by atoms with Gasteiger partial charge in [0.15, 0.2) is 43.7 Å². The summed E-state index contributed by atoms with van der Waals surface area (Å²) in [7, 11) is 1.13. The number of hydrogen-bond donors (Lipinski definition) is 15. The van der Waals surface area contributed by atoms with Gasteiger partial charge in [0.25, 0.3) is 0 Å². The zero-order valence-electron chi connectivity index (χ0n) is 54.0. The second kappa shape index (κ2) is 26.6. The number of hydrogen-bond acceptors (Lipinski definition) is 30. The van der Waals surface area contributed by atoms with E-state index in [1.165, 1.54) is 6.92 Å². The summed E-state index contributed by atoms with van der Waals surface area (Å²) in [6.07, 6.45) is -39.3. The highest BCUT2D eigenvalue weighted by molar-refractivity contribution is 5.80. The molecule has 11 rings (SSSR count). The van der Waals surface area contributed by atoms with Crippen LogP contribution >= 0.6 is 0 Å². The van der Waals surface area contributed by atoms with Crippen molar-refractivity contribution in [3.63, 3.8) is 0 Å². The Morgan fingerprint density at radius 1 is 0.495 bits per heavy atom. The third-order valence-electron chi connectivity index (χ3n) is 24.2. The fourth-order valence-electron chi connectivity index (χ4n) is 18.5. The number of esters is 2. The van der Waals surface area contributed by atoms with E-state index in [2.05, 4.69) is 54.5 Å². The molecule has 15 N–H and O–H groups in total. The molecule has 4 saturated carbocycles. The highest BCUT2D eigenvalue weighted by Crippen LogP contribution is 2.76. The number of allylic oxidation sites excluding steroid dienone is 2. The largest absolute Gasteiger partial charge is 0.467 e. The quantitative estimate of drug-likeness (QED) is 0.0480. The van der Waals surface area contributed by atoms with Gasteiger partial charge in [-0.1, -0.05) is 60.1 Å². The van der Waals surface area contributed by atoms with Crippen molar-refractivity contribution in [1.29, 1.82) is 0 Å². The van der Waals surface area contributed by atoms with Crippen LogP contribution in [0, 0.1) is 50.2 Å². The molecule has 532 valence electrons. The van der Waals surface area contributed by atoms with Crippen molar-refractivity contribution in [2.75, 3.05) is 33.5 Å². The summed E-state index contributed by atoms with van der Waals surface area (Å²) in [5.74, 6) is -2.18. The maximum Gasteiger partial charge on any atom is 0.337 e. The van der Waals surface area contributed by atoms with Crippen LogP contribution < -0.4 is 0 Å². The Balaban J connectivity index is 0.830. The van der Waals surface area contributed by atoms with E-state index in [0.717, 1.165) is 25.5 Å². The number of carbonyl (C=O) groups excluding carboxylic acids is 2. The first-order valence-corrected chi connectivity index (χ1v) is 32.8. The third kappa shape index (κ3) is 12.3. The standard InChI is InChI=1S/C63H100O30/c1-24-45(88-53-43(77)46(30(67)23-84-53)89-51-40(74)35(69)27(64)20-82-51)47(90-52-41(75)36(70)28(65)21-83-52)44(78)55(86-24)92-49-37(71)29(66)22-85-56(49)93-57(80)63-17-16-58(2,3)18-26(63)25-10-11-32-60(6)14-13-34(87-54-42(76)38(72)39(73)48(91-54)50(79)81-9)59(4,5)31(60)12-15-61(32,7)62(25,8)19-33(63)68/h10,24,26-49,51-56,64-78H,11-23H2,1-9H3. The minimum absolute atomic E-state index is 0.0629. The van der Waals surface area contributed by atoms with Crippen molar-refractivity contribution < 1.29 is 148 Å². The minimum atomic E-state index is -2.07. The van der Waals surface area contributed by atoms with E-state index in [-0.39, 0.29) is 35.5 Å². The van der Waals surface area contributed by atoms with Crippen molar-refractivity contribution in [2.24, 2.45) is 50.2 Å². The monoisotopic (exact) mass is 1340 g/mol. The maximum absolute atomic E-state index is 15.7. The Bertz CT molecular complexity index is 2670. The van der Waals surface area contributed by atoms with Crippen LogP contribution in [0.4, 0.5) is 0 Å². The minimum Gasteiger partial charge on any atom is -0.467 e. The molecule has 0 amide bonds. The summed E-state index contributed by atoms with van der Waals surface area (Å²) in [6, 6.07) is 0. The van der Waals surface area contributed by atoms with E-state index in [9.17, 15) is 81.4 Å². The molecule has 30 nitrogen and oxygen atoms in total. The molecular weight excluding hydrogens is 1240 g/mol. The molecule has 6 saturated heterocycles. The average Bonchev–Trinajstić information content (AvgIpc) is 0.672. The fraction of sp³-hybridized carbons (Fsp3) is 0.937. The van der Waals surface area contributed by atoms with Gasteiger partial charge in [-0.25, -0.2) is 4.79 Å². The number of ether oxygens (including phenoxy) is 13. The normalized spacial score (nSPS) is 53.8. The predicted molar refractivity (Wildman–Crippen MR) is 309 cm³/mol. The molecule has 93 heavy (non-hydrogen) atoms. The Morgan fingerprint density at radius 3 is 1.65 bits per heavy atom. The molecule has 35 atom stereocenters. The Morgan fingerprint density at radius 2 is 1.02 bits per heavy atom. The molecule has 11 aliphatic rings. The number of methoxy groups -OCH3 is 1. The predicted octanol–water partition coefficient (Wildman–Crippen LogP) is -3.65. The topological polar surface area (TPSA) is 458 Å². The number of carbonyl (C=O) groups is 2. The lowest BCUT2D eigenvalue weighted by Gasteiger charge is -2.71. The SMILES string of the molecule is COC(=O)C1OC(OC2CCC3(C)C(CCC4(C)C3CC=C3C5CC(C)(C)CCC5(C(=O)OC5OCC(O)C(O)C5OC5OC(C)C(OC6OCC(O)C(OC7OCC(O)C(O)C7O)C6O)C(OC6OCC(O)C(O)C6O)C5O)C(O)CC34C)C2(C)C)C(O)C(O)C1O. The van der Waals surface area contributed by atoms with Gasteiger partial charge in [-0.05, 0) is 110 Å². The van der Waals surface area contributed by atoms with Gasteiger partial charge in [0.05, 0.1) is 51.8 Å². The molecule has 35 unspecified atom stereocenters. The molecule has 5 aliphatic carbocycles. The first kappa shape index (κ1) is 71.9. The van der Waals surface area contributed by atoms with E-state index in [0.29, 0.717) is 32.1 Å². The van der Waals surface area contributed by atoms with Crippen molar-refractivity contribution in [2.45, 2.75) is 285 Å². The molecule has 6 heterocycles. The lowest BCUT2D eigenvalue weighted by atomic mass is 9.33. The molecule has 0 radical (unpaired) electrons. The average molecular weight is 1340 g/mol. The highest BCUT2D eigenvalue weighted by atomic mass is 16.8. The van der Waals surface area contributed by atoms with Crippen molar-refractivity contribution >= 4 is 11.9 Å². The lowest BCUT2D eigenvalue weighted by Crippen LogP contribution is -2.68. The van der Waals surface area contributed by atoms with Gasteiger partial charge in [-0.2, -0.15) is 0 Å². The molecule has 6 aliphatic heterocycles. The zero-order chi connectivity index (χ0) is 67.7. The van der Waals surface area contributed by atoms with Crippen LogP contribution in [0.2, 0.25) is 0 Å². The second-order valence-corrected chi connectivity index (χ2v) is 30.4. The van der Waals surface area contributed by atoms with Gasteiger partial charge in [-0.3, -0.25) is 4.79 Å². The summed E-state index contributed by atoms with van der Waals surface area (Å²) >= 11 is 0. The van der Waals surface area contributed by atoms with Crippen molar-refractivity contribution in [3.05, 3.63) is 11.6 Å². The van der Waals surface area contributed by atoms with Gasteiger partial charge in [0.2, 0.25) is 6.29 Å². The Hall–Kier alpha value is -2.36. The Labute approximate surface area is 538 Å². The molecule has 0 aromatic rings. The summed E-state index contributed by atoms with van der Waals surface area (Å²) in [5, 5.41) is 166. The van der Waals surface area contributed by atoms with E-state index in [1.807, 2.05) is 0 Å². The van der Waals surface area contributed by atoms with Gasteiger partial charge < -0.3 is 138 Å². The van der Waals surface area contributed by atoms with Crippen LogP contribution in [0.3, 0.4) is 0 Å². The molecule has 10 fully saturated rings. The summed E-state index contributed by atoms with van der Waals surface area (Å²) in [6.45, 7) is 14.6. The fourth-order valence-corrected chi connectivity index (χ4v) is 18.5. The van der Waals surface area contributed by atoms with Gasteiger partial charge in [0, 0.05) is 0 Å². The van der Waals surface area contributed by atoms with E-state index in [1.54, 1.807) is 0 Å². The van der Waals surface area contributed by atoms with E-state index >= 15 is 4.79 Å². The number of aliphatic hydroxyl groups excluding tert-OH is 15. The molecule has 0 bridgehead atoms. The zero-order valence-corrected chi connectivity index (χ0v) is 54.0. The third-order valence-corrected chi connectivity index (χ3v) is 24.2. The van der Waals surface area contributed by atoms with Gasteiger partial charge in [-0.15, -0.1) is 0 Å². The Kier molecular flexibility index (Phi) is 20.6. The molecular formula is C63H100O30. The lowest BCUT2D eigenvalue weighted by molar-refractivity contribution is -0.392. The molecule has 30 heteroatoms. The summed E-state index contributed by atoms with van der Waals surface area (Å²) in [4.78, 5) is 28.3. The molecule has 0 aromatic carbocycles. The van der Waals surface area contributed by atoms with Gasteiger partial charge in [0.1, 0.15) is 109 Å². The first-order chi connectivity index (χ1) is 43.6. The first-order valence-electron chi connectivity index (χ1n) is 32.8. The van der Waals surface area contributed by atoms with Crippen LogP contribution in [0.1, 0.15) is 113 Å².